The van der Waals surface area contributed by atoms with Crippen LogP contribution in [0.4, 0.5) is 11.4 Å². The predicted molar refractivity (Wildman–Crippen MR) is 108 cm³/mol. The average molecular weight is 422 g/mol. The number of carbonyl (C=O) groups excluding carboxylic acids is 2. The van der Waals surface area contributed by atoms with Crippen LogP contribution in [0.25, 0.3) is 0 Å². The van der Waals surface area contributed by atoms with Crippen molar-refractivity contribution >= 4 is 44.8 Å². The molecular formula is C19H20ClN3O4S. The second-order valence-corrected chi connectivity index (χ2v) is 8.77. The van der Waals surface area contributed by atoms with Gasteiger partial charge in [-0.2, -0.15) is 4.31 Å². The van der Waals surface area contributed by atoms with Crippen LogP contribution in [0, 0.1) is 0 Å². The SMILES string of the molecule is CC(=O)Nc1ccccc1NC(=O)[C@H]1CCCN1S(=O)(=O)c1ccc(Cl)cc1. The van der Waals surface area contributed by atoms with E-state index in [4.69, 9.17) is 11.6 Å². The van der Waals surface area contributed by atoms with E-state index >= 15 is 0 Å². The number of sulfonamides is 1. The minimum Gasteiger partial charge on any atom is -0.325 e. The third-order valence-corrected chi connectivity index (χ3v) is 6.60. The molecule has 1 saturated heterocycles. The number of halogens is 1. The van der Waals surface area contributed by atoms with Gasteiger partial charge in [-0.05, 0) is 49.2 Å². The van der Waals surface area contributed by atoms with Crippen molar-refractivity contribution in [1.29, 1.82) is 0 Å². The fraction of sp³-hybridized carbons (Fsp3) is 0.263. The quantitative estimate of drug-likeness (QED) is 0.775. The van der Waals surface area contributed by atoms with Crippen LogP contribution in [-0.4, -0.2) is 37.1 Å². The van der Waals surface area contributed by atoms with Crippen LogP contribution in [0.15, 0.2) is 53.4 Å². The Morgan fingerprint density at radius 3 is 2.25 bits per heavy atom. The Morgan fingerprint density at radius 2 is 1.64 bits per heavy atom. The third-order valence-electron chi connectivity index (χ3n) is 4.42. The molecule has 0 unspecified atom stereocenters. The summed E-state index contributed by atoms with van der Waals surface area (Å²) < 4.78 is 27.2. The largest absolute Gasteiger partial charge is 0.325 e. The van der Waals surface area contributed by atoms with Crippen LogP contribution in [0.1, 0.15) is 19.8 Å². The van der Waals surface area contributed by atoms with Crippen LogP contribution in [0.5, 0.6) is 0 Å². The van der Waals surface area contributed by atoms with Crippen LogP contribution in [0.3, 0.4) is 0 Å². The molecule has 2 amide bonds. The van der Waals surface area contributed by atoms with Crippen molar-refractivity contribution in [2.24, 2.45) is 0 Å². The summed E-state index contributed by atoms with van der Waals surface area (Å²) in [6, 6.07) is 11.8. The lowest BCUT2D eigenvalue weighted by molar-refractivity contribution is -0.119. The molecule has 0 radical (unpaired) electrons. The van der Waals surface area contributed by atoms with E-state index < -0.39 is 22.0 Å². The fourth-order valence-corrected chi connectivity index (χ4v) is 4.92. The first-order valence-corrected chi connectivity index (χ1v) is 10.6. The minimum absolute atomic E-state index is 0.0928. The molecule has 0 bridgehead atoms. The van der Waals surface area contributed by atoms with Gasteiger partial charge in [-0.25, -0.2) is 8.42 Å². The maximum atomic E-state index is 13.0. The Bertz CT molecular complexity index is 992. The number of anilines is 2. The van der Waals surface area contributed by atoms with Gasteiger partial charge in [-0.15, -0.1) is 0 Å². The van der Waals surface area contributed by atoms with Crippen molar-refractivity contribution in [1.82, 2.24) is 4.31 Å². The standard InChI is InChI=1S/C19H20ClN3O4S/c1-13(24)21-16-5-2-3-6-17(16)22-19(25)18-7-4-12-23(18)28(26,27)15-10-8-14(20)9-11-15/h2-3,5-6,8-11,18H,4,7,12H2,1H3,(H,21,24)(H,22,25)/t18-/m1/s1. The van der Waals surface area contributed by atoms with Gasteiger partial charge >= 0.3 is 0 Å². The molecule has 1 aliphatic heterocycles. The van der Waals surface area contributed by atoms with E-state index in [2.05, 4.69) is 10.6 Å². The summed E-state index contributed by atoms with van der Waals surface area (Å²) in [6.45, 7) is 1.63. The predicted octanol–water partition coefficient (Wildman–Crippen LogP) is 3.09. The number of hydrogen-bond donors (Lipinski definition) is 2. The Balaban J connectivity index is 1.82. The van der Waals surface area contributed by atoms with Gasteiger partial charge in [-0.1, -0.05) is 23.7 Å². The summed E-state index contributed by atoms with van der Waals surface area (Å²) >= 11 is 5.84. The van der Waals surface area contributed by atoms with Gasteiger partial charge in [0, 0.05) is 18.5 Å². The van der Waals surface area contributed by atoms with E-state index in [1.807, 2.05) is 0 Å². The lowest BCUT2D eigenvalue weighted by Gasteiger charge is -2.24. The summed E-state index contributed by atoms with van der Waals surface area (Å²) in [6.07, 6.45) is 0.999. The number of carbonyl (C=O) groups is 2. The second-order valence-electron chi connectivity index (χ2n) is 6.44. The molecule has 1 atom stereocenters. The summed E-state index contributed by atoms with van der Waals surface area (Å²) in [5, 5.41) is 5.82. The van der Waals surface area contributed by atoms with Crippen molar-refractivity contribution < 1.29 is 18.0 Å². The highest BCUT2D eigenvalue weighted by Gasteiger charge is 2.39. The molecule has 2 N–H and O–H groups in total. The van der Waals surface area contributed by atoms with Gasteiger partial charge in [0.1, 0.15) is 6.04 Å². The maximum Gasteiger partial charge on any atom is 0.243 e. The molecule has 9 heteroatoms. The number of rotatable bonds is 5. The van der Waals surface area contributed by atoms with Gasteiger partial charge in [0.05, 0.1) is 16.3 Å². The molecule has 1 fully saturated rings. The Labute approximate surface area is 168 Å². The first kappa shape index (κ1) is 20.3. The highest BCUT2D eigenvalue weighted by molar-refractivity contribution is 7.89. The Morgan fingerprint density at radius 1 is 1.04 bits per heavy atom. The molecule has 1 heterocycles. The zero-order valence-electron chi connectivity index (χ0n) is 15.2. The molecule has 7 nitrogen and oxygen atoms in total. The van der Waals surface area contributed by atoms with Crippen molar-refractivity contribution in [3.8, 4) is 0 Å². The van der Waals surface area contributed by atoms with Crippen LogP contribution in [-0.2, 0) is 19.6 Å². The van der Waals surface area contributed by atoms with Gasteiger partial charge in [-0.3, -0.25) is 9.59 Å². The Kier molecular flexibility index (Phi) is 6.02. The van der Waals surface area contributed by atoms with Gasteiger partial charge in [0.15, 0.2) is 0 Å². The zero-order chi connectivity index (χ0) is 20.3. The number of nitrogens with zero attached hydrogens (tertiary/aromatic N) is 1. The summed E-state index contributed by atoms with van der Waals surface area (Å²) in [4.78, 5) is 24.3. The van der Waals surface area contributed by atoms with Crippen LogP contribution < -0.4 is 10.6 Å². The molecule has 1 aliphatic rings. The van der Waals surface area contributed by atoms with E-state index in [1.165, 1.54) is 35.5 Å². The van der Waals surface area contributed by atoms with E-state index in [-0.39, 0.29) is 17.3 Å². The summed E-state index contributed by atoms with van der Waals surface area (Å²) in [5.41, 5.74) is 0.867. The Hall–Kier alpha value is -2.42. The van der Waals surface area contributed by atoms with E-state index in [0.717, 1.165) is 0 Å². The monoisotopic (exact) mass is 421 g/mol. The minimum atomic E-state index is -3.83. The third kappa shape index (κ3) is 4.35. The molecule has 2 aromatic carbocycles. The van der Waals surface area contributed by atoms with Gasteiger partial charge < -0.3 is 10.6 Å². The molecule has 0 aromatic heterocycles. The number of para-hydroxylation sites is 2. The normalized spacial score (nSPS) is 17.3. The molecule has 3 rings (SSSR count). The van der Waals surface area contributed by atoms with Crippen molar-refractivity contribution in [3.05, 3.63) is 53.6 Å². The van der Waals surface area contributed by atoms with E-state index in [0.29, 0.717) is 29.2 Å². The molecule has 28 heavy (non-hydrogen) atoms. The fourth-order valence-electron chi connectivity index (χ4n) is 3.14. The number of amides is 2. The molecular weight excluding hydrogens is 402 g/mol. The summed E-state index contributed by atoms with van der Waals surface area (Å²) in [7, 11) is -3.83. The number of nitrogens with one attached hydrogen (secondary N) is 2. The number of benzene rings is 2. The second kappa shape index (κ2) is 8.30. The molecule has 148 valence electrons. The van der Waals surface area contributed by atoms with E-state index in [9.17, 15) is 18.0 Å². The first-order valence-electron chi connectivity index (χ1n) is 8.74. The number of hydrogen-bond acceptors (Lipinski definition) is 4. The van der Waals surface area contributed by atoms with Crippen LogP contribution >= 0.6 is 11.6 Å². The first-order chi connectivity index (χ1) is 13.3. The average Bonchev–Trinajstić information content (AvgIpc) is 3.14. The maximum absolute atomic E-state index is 13.0. The molecule has 2 aromatic rings. The summed E-state index contributed by atoms with van der Waals surface area (Å²) in [5.74, 6) is -0.706. The zero-order valence-corrected chi connectivity index (χ0v) is 16.8. The van der Waals surface area contributed by atoms with Gasteiger partial charge in [0.25, 0.3) is 0 Å². The highest BCUT2D eigenvalue weighted by atomic mass is 35.5. The molecule has 0 spiro atoms. The van der Waals surface area contributed by atoms with Crippen molar-refractivity contribution in [2.45, 2.75) is 30.7 Å². The molecule has 0 aliphatic carbocycles. The lowest BCUT2D eigenvalue weighted by Crippen LogP contribution is -2.43. The highest BCUT2D eigenvalue weighted by Crippen LogP contribution is 2.29. The van der Waals surface area contributed by atoms with Crippen LogP contribution in [0.2, 0.25) is 5.02 Å². The molecule has 0 saturated carbocycles. The van der Waals surface area contributed by atoms with Gasteiger partial charge in [0.2, 0.25) is 21.8 Å². The lowest BCUT2D eigenvalue weighted by atomic mass is 10.2. The van der Waals surface area contributed by atoms with Crippen molar-refractivity contribution in [2.75, 3.05) is 17.2 Å². The topological polar surface area (TPSA) is 95.6 Å². The smallest absolute Gasteiger partial charge is 0.243 e. The van der Waals surface area contributed by atoms with Crippen molar-refractivity contribution in [3.63, 3.8) is 0 Å². The van der Waals surface area contributed by atoms with E-state index in [1.54, 1.807) is 24.3 Å².